The average Bonchev–Trinajstić information content (AvgIpc) is 2.21. The van der Waals surface area contributed by atoms with E-state index in [0.717, 1.165) is 12.8 Å². The SMILES string of the molecule is OCCCCCCCCCCCCO.[Y]. The van der Waals surface area contributed by atoms with Crippen molar-refractivity contribution in [1.29, 1.82) is 0 Å². The Morgan fingerprint density at radius 2 is 0.600 bits per heavy atom. The predicted molar refractivity (Wildman–Crippen MR) is 60.3 cm³/mol. The first-order chi connectivity index (χ1) is 6.91. The first-order valence-electron chi connectivity index (χ1n) is 6.13. The second-order valence-electron chi connectivity index (χ2n) is 3.98. The summed E-state index contributed by atoms with van der Waals surface area (Å²) in [6.07, 6.45) is 12.2. The normalized spacial score (nSPS) is 10.0. The van der Waals surface area contributed by atoms with E-state index in [0.29, 0.717) is 13.2 Å². The maximum Gasteiger partial charge on any atom is 0.0431 e. The number of hydrogen-bond acceptors (Lipinski definition) is 2. The van der Waals surface area contributed by atoms with Crippen LogP contribution in [0.15, 0.2) is 0 Å². The third kappa shape index (κ3) is 17.6. The van der Waals surface area contributed by atoms with Crippen molar-refractivity contribution in [2.45, 2.75) is 64.2 Å². The van der Waals surface area contributed by atoms with Gasteiger partial charge in [-0.1, -0.05) is 51.4 Å². The molecule has 0 aromatic heterocycles. The smallest absolute Gasteiger partial charge is 0.0431 e. The van der Waals surface area contributed by atoms with E-state index in [1.807, 2.05) is 0 Å². The molecular weight excluding hydrogens is 265 g/mol. The van der Waals surface area contributed by atoms with E-state index < -0.39 is 0 Å². The van der Waals surface area contributed by atoms with Crippen molar-refractivity contribution < 1.29 is 42.9 Å². The number of aliphatic hydroxyl groups is 2. The number of rotatable bonds is 11. The standard InChI is InChI=1S/C12H26O2.Y/c13-11-9-7-5-3-1-2-4-6-8-10-12-14;/h13-14H,1-12H2;. The van der Waals surface area contributed by atoms with Gasteiger partial charge in [-0.25, -0.2) is 0 Å². The van der Waals surface area contributed by atoms with Crippen LogP contribution in [0.4, 0.5) is 0 Å². The minimum Gasteiger partial charge on any atom is -0.396 e. The molecule has 0 fully saturated rings. The molecule has 0 saturated heterocycles. The number of unbranched alkanes of at least 4 members (excludes halogenated alkanes) is 9. The van der Waals surface area contributed by atoms with Crippen molar-refractivity contribution in [3.63, 3.8) is 0 Å². The van der Waals surface area contributed by atoms with Crippen molar-refractivity contribution >= 4 is 0 Å². The van der Waals surface area contributed by atoms with Crippen LogP contribution < -0.4 is 0 Å². The molecule has 1 radical (unpaired) electrons. The summed E-state index contributed by atoms with van der Waals surface area (Å²) in [6, 6.07) is 0. The summed E-state index contributed by atoms with van der Waals surface area (Å²) in [4.78, 5) is 0. The maximum absolute atomic E-state index is 8.57. The molecule has 89 valence electrons. The number of hydrogen-bond donors (Lipinski definition) is 2. The summed E-state index contributed by atoms with van der Waals surface area (Å²) in [5.41, 5.74) is 0. The van der Waals surface area contributed by atoms with Gasteiger partial charge in [0, 0.05) is 45.9 Å². The first kappa shape index (κ1) is 18.4. The molecule has 0 aromatic rings. The summed E-state index contributed by atoms with van der Waals surface area (Å²) in [6.45, 7) is 0.697. The molecule has 0 aliphatic carbocycles. The number of aliphatic hydroxyl groups excluding tert-OH is 2. The average molecular weight is 291 g/mol. The fourth-order valence-corrected chi connectivity index (χ4v) is 1.64. The van der Waals surface area contributed by atoms with E-state index in [1.54, 1.807) is 0 Å². The van der Waals surface area contributed by atoms with Crippen LogP contribution in [0.3, 0.4) is 0 Å². The molecule has 3 heteroatoms. The Labute approximate surface area is 120 Å². The molecule has 0 atom stereocenters. The van der Waals surface area contributed by atoms with Gasteiger partial charge >= 0.3 is 0 Å². The zero-order valence-electron chi connectivity index (χ0n) is 9.96. The van der Waals surface area contributed by atoms with Gasteiger partial charge in [0.15, 0.2) is 0 Å². The van der Waals surface area contributed by atoms with Crippen LogP contribution in [0.1, 0.15) is 64.2 Å². The van der Waals surface area contributed by atoms with Gasteiger partial charge in [-0.3, -0.25) is 0 Å². The van der Waals surface area contributed by atoms with E-state index in [4.69, 9.17) is 10.2 Å². The Morgan fingerprint density at radius 1 is 0.400 bits per heavy atom. The van der Waals surface area contributed by atoms with Gasteiger partial charge < -0.3 is 10.2 Å². The van der Waals surface area contributed by atoms with Crippen LogP contribution in [0, 0.1) is 0 Å². The van der Waals surface area contributed by atoms with Gasteiger partial charge in [-0.15, -0.1) is 0 Å². The summed E-state index contributed by atoms with van der Waals surface area (Å²) in [5.74, 6) is 0. The van der Waals surface area contributed by atoms with E-state index in [2.05, 4.69) is 0 Å². The van der Waals surface area contributed by atoms with E-state index >= 15 is 0 Å². The molecule has 0 unspecified atom stereocenters. The molecule has 0 rings (SSSR count). The van der Waals surface area contributed by atoms with Crippen LogP contribution in [0.2, 0.25) is 0 Å². The van der Waals surface area contributed by atoms with Crippen LogP contribution in [0.5, 0.6) is 0 Å². The molecule has 0 aromatic carbocycles. The van der Waals surface area contributed by atoms with Gasteiger partial charge in [-0.05, 0) is 12.8 Å². The third-order valence-electron chi connectivity index (χ3n) is 2.57. The van der Waals surface area contributed by atoms with Crippen molar-refractivity contribution in [3.05, 3.63) is 0 Å². The second-order valence-corrected chi connectivity index (χ2v) is 3.98. The van der Waals surface area contributed by atoms with E-state index in [1.165, 1.54) is 51.4 Å². The molecule has 15 heavy (non-hydrogen) atoms. The molecular formula is C12H26O2Y. The topological polar surface area (TPSA) is 40.5 Å². The van der Waals surface area contributed by atoms with Crippen molar-refractivity contribution in [2.75, 3.05) is 13.2 Å². The zero-order chi connectivity index (χ0) is 10.5. The molecule has 0 heterocycles. The molecule has 0 aliphatic heterocycles. The predicted octanol–water partition coefficient (Wildman–Crippen LogP) is 2.87. The van der Waals surface area contributed by atoms with Gasteiger partial charge in [-0.2, -0.15) is 0 Å². The summed E-state index contributed by atoms with van der Waals surface area (Å²) in [5, 5.41) is 17.1. The summed E-state index contributed by atoms with van der Waals surface area (Å²) < 4.78 is 0. The maximum atomic E-state index is 8.57. The minimum absolute atomic E-state index is 0. The monoisotopic (exact) mass is 291 g/mol. The van der Waals surface area contributed by atoms with Crippen molar-refractivity contribution in [1.82, 2.24) is 0 Å². The van der Waals surface area contributed by atoms with E-state index in [-0.39, 0.29) is 32.7 Å². The van der Waals surface area contributed by atoms with Gasteiger partial charge in [0.1, 0.15) is 0 Å². The quantitative estimate of drug-likeness (QED) is 0.575. The van der Waals surface area contributed by atoms with Crippen LogP contribution in [-0.4, -0.2) is 23.4 Å². The fourth-order valence-electron chi connectivity index (χ4n) is 1.64. The Kier molecular flexibility index (Phi) is 21.4. The van der Waals surface area contributed by atoms with Crippen molar-refractivity contribution in [3.8, 4) is 0 Å². The molecule has 0 saturated carbocycles. The molecule has 0 bridgehead atoms. The van der Waals surface area contributed by atoms with Crippen LogP contribution in [0.25, 0.3) is 0 Å². The van der Waals surface area contributed by atoms with Gasteiger partial charge in [0.25, 0.3) is 0 Å². The summed E-state index contributed by atoms with van der Waals surface area (Å²) >= 11 is 0. The van der Waals surface area contributed by atoms with Crippen molar-refractivity contribution in [2.24, 2.45) is 0 Å². The molecule has 0 amide bonds. The Hall–Kier alpha value is 1.02. The third-order valence-corrected chi connectivity index (χ3v) is 2.57. The van der Waals surface area contributed by atoms with Gasteiger partial charge in [0.2, 0.25) is 0 Å². The van der Waals surface area contributed by atoms with Crippen LogP contribution in [-0.2, 0) is 32.7 Å². The molecule has 0 aliphatic rings. The Morgan fingerprint density at radius 3 is 0.800 bits per heavy atom. The Bertz CT molecular complexity index is 87.6. The van der Waals surface area contributed by atoms with Crippen LogP contribution >= 0.6 is 0 Å². The first-order valence-corrected chi connectivity index (χ1v) is 6.13. The summed E-state index contributed by atoms with van der Waals surface area (Å²) in [7, 11) is 0. The van der Waals surface area contributed by atoms with E-state index in [9.17, 15) is 0 Å². The zero-order valence-corrected chi connectivity index (χ0v) is 12.8. The van der Waals surface area contributed by atoms with Gasteiger partial charge in [0.05, 0.1) is 0 Å². The Balaban J connectivity index is 0. The second kappa shape index (κ2) is 17.4. The fraction of sp³-hybridized carbons (Fsp3) is 1.00. The molecule has 0 spiro atoms. The largest absolute Gasteiger partial charge is 0.396 e. The minimum atomic E-state index is 0. The molecule has 2 N–H and O–H groups in total. The molecule has 2 nitrogen and oxygen atoms in total.